The van der Waals surface area contributed by atoms with Gasteiger partial charge in [-0.1, -0.05) is 34.1 Å². The maximum atomic E-state index is 10.9. The summed E-state index contributed by atoms with van der Waals surface area (Å²) in [5.74, 6) is 0.788. The van der Waals surface area contributed by atoms with E-state index in [9.17, 15) is 4.79 Å². The van der Waals surface area contributed by atoms with Crippen LogP contribution in [0.1, 0.15) is 32.3 Å². The summed E-state index contributed by atoms with van der Waals surface area (Å²) in [6, 6.07) is 8.40. The van der Waals surface area contributed by atoms with Crippen molar-refractivity contribution in [3.05, 3.63) is 34.3 Å². The van der Waals surface area contributed by atoms with Crippen molar-refractivity contribution >= 4 is 27.8 Å². The van der Waals surface area contributed by atoms with Crippen molar-refractivity contribution in [3.8, 4) is 0 Å². The van der Waals surface area contributed by atoms with E-state index in [4.69, 9.17) is 4.99 Å². The number of halogens is 1. The summed E-state index contributed by atoms with van der Waals surface area (Å²) in [4.78, 5) is 15.6. The van der Waals surface area contributed by atoms with Gasteiger partial charge in [-0.15, -0.1) is 0 Å². The van der Waals surface area contributed by atoms with Crippen LogP contribution < -0.4 is 16.0 Å². The zero-order chi connectivity index (χ0) is 16.7. The molecule has 0 saturated heterocycles. The molecule has 1 aromatic carbocycles. The molecule has 1 aliphatic carbocycles. The Balaban J connectivity index is 1.94. The molecule has 5 nitrogen and oxygen atoms in total. The molecule has 1 amide bonds. The first-order valence-corrected chi connectivity index (χ1v) is 8.88. The highest BCUT2D eigenvalue weighted by Crippen LogP contribution is 2.50. The lowest BCUT2D eigenvalue weighted by Crippen LogP contribution is -2.41. The summed E-state index contributed by atoms with van der Waals surface area (Å²) in [5.41, 5.74) is 1.51. The molecule has 23 heavy (non-hydrogen) atoms. The monoisotopic (exact) mass is 380 g/mol. The van der Waals surface area contributed by atoms with Crippen molar-refractivity contribution in [1.82, 2.24) is 16.0 Å². The number of hydrogen-bond donors (Lipinski definition) is 3. The van der Waals surface area contributed by atoms with Crippen molar-refractivity contribution in [2.24, 2.45) is 4.99 Å². The molecule has 126 valence electrons. The Morgan fingerprint density at radius 2 is 1.91 bits per heavy atom. The number of carbonyl (C=O) groups excluding carboxylic acids is 1. The first kappa shape index (κ1) is 17.8. The van der Waals surface area contributed by atoms with E-state index in [1.54, 1.807) is 0 Å². The van der Waals surface area contributed by atoms with Crippen molar-refractivity contribution in [2.75, 3.05) is 26.2 Å². The topological polar surface area (TPSA) is 65.5 Å². The van der Waals surface area contributed by atoms with Gasteiger partial charge in [0.25, 0.3) is 0 Å². The van der Waals surface area contributed by atoms with Crippen molar-refractivity contribution in [2.45, 2.75) is 32.1 Å². The molecule has 2 rings (SSSR count). The highest BCUT2D eigenvalue weighted by atomic mass is 79.9. The molecule has 0 spiro atoms. The standard InChI is InChI=1S/C17H25BrN4O/c1-3-19-16(21-11-10-20-13(2)23)22-12-17(8-9-17)14-6-4-5-7-15(14)18/h4-7H,3,8-12H2,1-2H3,(H,20,23)(H2,19,21,22). The Labute approximate surface area is 146 Å². The van der Waals surface area contributed by atoms with Crippen LogP contribution in [0.2, 0.25) is 0 Å². The van der Waals surface area contributed by atoms with Crippen LogP contribution in [0, 0.1) is 0 Å². The second kappa shape index (κ2) is 8.34. The van der Waals surface area contributed by atoms with E-state index in [1.165, 1.54) is 25.3 Å². The summed E-state index contributed by atoms with van der Waals surface area (Å²) < 4.78 is 1.16. The van der Waals surface area contributed by atoms with Gasteiger partial charge < -0.3 is 16.0 Å². The van der Waals surface area contributed by atoms with Gasteiger partial charge in [-0.25, -0.2) is 0 Å². The molecule has 0 aliphatic heterocycles. The third-order valence-corrected chi connectivity index (χ3v) is 4.67. The van der Waals surface area contributed by atoms with E-state index in [0.717, 1.165) is 23.5 Å². The second-order valence-corrected chi connectivity index (χ2v) is 6.72. The Kier molecular flexibility index (Phi) is 6.45. The number of benzene rings is 1. The number of carbonyl (C=O) groups is 1. The Bertz CT molecular complexity index is 569. The largest absolute Gasteiger partial charge is 0.357 e. The quantitative estimate of drug-likeness (QED) is 0.385. The number of hydrogen-bond acceptors (Lipinski definition) is 2. The van der Waals surface area contributed by atoms with Gasteiger partial charge in [-0.2, -0.15) is 0 Å². The summed E-state index contributed by atoms with van der Waals surface area (Å²) in [6.45, 7) is 6.40. The molecule has 6 heteroatoms. The van der Waals surface area contributed by atoms with Gasteiger partial charge >= 0.3 is 0 Å². The van der Waals surface area contributed by atoms with E-state index in [0.29, 0.717) is 13.1 Å². The fraction of sp³-hybridized carbons (Fsp3) is 0.529. The first-order valence-electron chi connectivity index (χ1n) is 8.09. The lowest BCUT2D eigenvalue weighted by Gasteiger charge is -2.17. The summed E-state index contributed by atoms with van der Waals surface area (Å²) in [5, 5.41) is 9.28. The molecule has 3 N–H and O–H groups in total. The van der Waals surface area contributed by atoms with Crippen molar-refractivity contribution in [3.63, 3.8) is 0 Å². The van der Waals surface area contributed by atoms with Gasteiger partial charge in [-0.05, 0) is 31.4 Å². The molecule has 0 aromatic heterocycles. The van der Waals surface area contributed by atoms with E-state index < -0.39 is 0 Å². The van der Waals surface area contributed by atoms with Gasteiger partial charge in [0.15, 0.2) is 5.96 Å². The van der Waals surface area contributed by atoms with Crippen LogP contribution in [0.3, 0.4) is 0 Å². The van der Waals surface area contributed by atoms with Gasteiger partial charge in [0.2, 0.25) is 5.91 Å². The maximum Gasteiger partial charge on any atom is 0.216 e. The number of rotatable bonds is 7. The lowest BCUT2D eigenvalue weighted by atomic mass is 9.96. The molecular weight excluding hydrogens is 356 g/mol. The van der Waals surface area contributed by atoms with E-state index in [2.05, 4.69) is 50.1 Å². The predicted molar refractivity (Wildman–Crippen MR) is 97.7 cm³/mol. The van der Waals surface area contributed by atoms with Gasteiger partial charge in [0.05, 0.1) is 6.54 Å². The predicted octanol–water partition coefficient (Wildman–Crippen LogP) is 2.17. The molecule has 1 aromatic rings. The number of aliphatic imine (C=N–C) groups is 1. The molecule has 0 radical (unpaired) electrons. The first-order chi connectivity index (χ1) is 11.1. The maximum absolute atomic E-state index is 10.9. The highest BCUT2D eigenvalue weighted by Gasteiger charge is 2.45. The van der Waals surface area contributed by atoms with Crippen molar-refractivity contribution < 1.29 is 4.79 Å². The SMILES string of the molecule is CCNC(=NCC1(c2ccccc2Br)CC1)NCCNC(C)=O. The molecule has 0 bridgehead atoms. The summed E-state index contributed by atoms with van der Waals surface area (Å²) >= 11 is 3.65. The molecule has 0 heterocycles. The van der Waals surface area contributed by atoms with Crippen LogP contribution in [-0.2, 0) is 10.2 Å². The van der Waals surface area contributed by atoms with Crippen LogP contribution >= 0.6 is 15.9 Å². The smallest absolute Gasteiger partial charge is 0.216 e. The molecule has 1 fully saturated rings. The van der Waals surface area contributed by atoms with Gasteiger partial charge in [-0.3, -0.25) is 9.79 Å². The molecule has 1 aliphatic rings. The minimum atomic E-state index is -0.0143. The van der Waals surface area contributed by atoms with Crippen LogP contribution in [0.4, 0.5) is 0 Å². The van der Waals surface area contributed by atoms with Gasteiger partial charge in [0.1, 0.15) is 0 Å². The van der Waals surface area contributed by atoms with Crippen LogP contribution in [-0.4, -0.2) is 38.0 Å². The summed E-state index contributed by atoms with van der Waals surface area (Å²) in [6.07, 6.45) is 2.34. The summed E-state index contributed by atoms with van der Waals surface area (Å²) in [7, 11) is 0. The zero-order valence-electron chi connectivity index (χ0n) is 13.8. The highest BCUT2D eigenvalue weighted by molar-refractivity contribution is 9.10. The minimum absolute atomic E-state index is 0.0143. The zero-order valence-corrected chi connectivity index (χ0v) is 15.4. The van der Waals surface area contributed by atoms with Crippen LogP contribution in [0.25, 0.3) is 0 Å². The average molecular weight is 381 g/mol. The molecule has 0 atom stereocenters. The number of nitrogens with zero attached hydrogens (tertiary/aromatic N) is 1. The van der Waals surface area contributed by atoms with Crippen LogP contribution in [0.15, 0.2) is 33.7 Å². The molecule has 1 saturated carbocycles. The Morgan fingerprint density at radius 1 is 1.22 bits per heavy atom. The Hall–Kier alpha value is -1.56. The number of amides is 1. The third kappa shape index (κ3) is 5.23. The minimum Gasteiger partial charge on any atom is -0.357 e. The van der Waals surface area contributed by atoms with E-state index in [-0.39, 0.29) is 11.3 Å². The normalized spacial score (nSPS) is 15.9. The third-order valence-electron chi connectivity index (χ3n) is 3.97. The molecule has 0 unspecified atom stereocenters. The van der Waals surface area contributed by atoms with Gasteiger partial charge in [0, 0.05) is 36.4 Å². The fourth-order valence-corrected chi connectivity index (χ4v) is 3.25. The van der Waals surface area contributed by atoms with E-state index in [1.807, 2.05) is 13.0 Å². The lowest BCUT2D eigenvalue weighted by molar-refractivity contribution is -0.118. The fourth-order valence-electron chi connectivity index (χ4n) is 2.55. The average Bonchev–Trinajstić information content (AvgIpc) is 3.30. The van der Waals surface area contributed by atoms with Crippen molar-refractivity contribution in [1.29, 1.82) is 0 Å². The Morgan fingerprint density at radius 3 is 2.52 bits per heavy atom. The van der Waals surface area contributed by atoms with E-state index >= 15 is 0 Å². The second-order valence-electron chi connectivity index (χ2n) is 5.87. The number of guanidine groups is 1. The van der Waals surface area contributed by atoms with Crippen LogP contribution in [0.5, 0.6) is 0 Å². The number of nitrogens with one attached hydrogen (secondary N) is 3. The molecular formula is C17H25BrN4O.